The van der Waals surface area contributed by atoms with Gasteiger partial charge < -0.3 is 0 Å². The number of imidazole rings is 1. The van der Waals surface area contributed by atoms with E-state index < -0.39 is 16.9 Å². The Morgan fingerprint density at radius 1 is 1.00 bits per heavy atom. The smallest absolute Gasteiger partial charge is 0.300 e. The van der Waals surface area contributed by atoms with E-state index in [0.717, 1.165) is 4.57 Å². The maximum absolute atomic E-state index is 11.5. The molecule has 0 radical (unpaired) electrons. The molecule has 7 heteroatoms. The van der Waals surface area contributed by atoms with Gasteiger partial charge in [-0.2, -0.15) is 0 Å². The van der Waals surface area contributed by atoms with Gasteiger partial charge >= 0.3 is 11.4 Å². The van der Waals surface area contributed by atoms with E-state index in [9.17, 15) is 14.4 Å². The summed E-state index contributed by atoms with van der Waals surface area (Å²) in [5, 5.41) is 0. The first-order valence-corrected chi connectivity index (χ1v) is 3.90. The number of aromatic amines is 2. The van der Waals surface area contributed by atoms with E-state index in [4.69, 9.17) is 0 Å². The summed E-state index contributed by atoms with van der Waals surface area (Å²) in [6.45, 7) is 0. The van der Waals surface area contributed by atoms with Crippen LogP contribution in [0.3, 0.4) is 0 Å². The maximum Gasteiger partial charge on any atom is 0.332 e. The number of aromatic nitrogens is 4. The van der Waals surface area contributed by atoms with Crippen LogP contribution in [0.1, 0.15) is 0 Å². The van der Waals surface area contributed by atoms with E-state index in [1.54, 1.807) is 0 Å². The molecule has 0 amide bonds. The van der Waals surface area contributed by atoms with Gasteiger partial charge in [0.25, 0.3) is 5.56 Å². The Bertz CT molecular complexity index is 669. The van der Waals surface area contributed by atoms with Gasteiger partial charge in [-0.15, -0.1) is 0 Å². The quantitative estimate of drug-likeness (QED) is 0.532. The summed E-state index contributed by atoms with van der Waals surface area (Å²) in [6, 6.07) is 0. The zero-order valence-electron chi connectivity index (χ0n) is 7.62. The van der Waals surface area contributed by atoms with Crippen LogP contribution in [-0.2, 0) is 14.1 Å². The number of fused-ring (bicyclic) bond motifs is 1. The van der Waals surface area contributed by atoms with Crippen LogP contribution >= 0.6 is 0 Å². The number of aryl methyl sites for hydroxylation is 1. The number of H-pyrrole nitrogens is 2. The Balaban J connectivity index is 3.26. The van der Waals surface area contributed by atoms with Crippen molar-refractivity contribution in [1.29, 1.82) is 0 Å². The van der Waals surface area contributed by atoms with E-state index in [1.807, 2.05) is 0 Å². The van der Waals surface area contributed by atoms with Crippen molar-refractivity contribution in [3.63, 3.8) is 0 Å². The summed E-state index contributed by atoms with van der Waals surface area (Å²) in [4.78, 5) is 38.5. The van der Waals surface area contributed by atoms with Gasteiger partial charge in [-0.1, -0.05) is 0 Å². The fourth-order valence-electron chi connectivity index (χ4n) is 1.36. The summed E-state index contributed by atoms with van der Waals surface area (Å²) in [7, 11) is 2.84. The molecule has 0 saturated heterocycles. The van der Waals surface area contributed by atoms with Gasteiger partial charge in [-0.05, 0) is 0 Å². The van der Waals surface area contributed by atoms with Crippen LogP contribution in [0.25, 0.3) is 11.2 Å². The van der Waals surface area contributed by atoms with Crippen molar-refractivity contribution < 1.29 is 0 Å². The van der Waals surface area contributed by atoms with Gasteiger partial charge in [-0.3, -0.25) is 23.9 Å². The van der Waals surface area contributed by atoms with Gasteiger partial charge in [0.05, 0.1) is 0 Å². The fraction of sp³-hybridized carbons (Fsp3) is 0.286. The lowest BCUT2D eigenvalue weighted by Crippen LogP contribution is -2.36. The van der Waals surface area contributed by atoms with Crippen LogP contribution in [0.2, 0.25) is 0 Å². The summed E-state index contributed by atoms with van der Waals surface area (Å²) < 4.78 is 2.14. The molecule has 7 nitrogen and oxygen atoms in total. The molecular weight excluding hydrogens is 195 g/mol. The Morgan fingerprint density at radius 2 is 1.64 bits per heavy atom. The highest BCUT2D eigenvalue weighted by atomic mass is 16.3. The van der Waals surface area contributed by atoms with Gasteiger partial charge in [0.1, 0.15) is 5.65 Å². The molecule has 74 valence electrons. The standard InChI is InChI=1S/C7H8N4O3/c1-10-4-3(8-6(13)9-4)5(12)11(2)7(10)14/h1-2H3,(H2,8,9,13)/i3+1,4+1,5+1,7+1,9+1,10+1,11+1. The van der Waals surface area contributed by atoms with Crippen LogP contribution in [0.15, 0.2) is 14.4 Å². The van der Waals surface area contributed by atoms with E-state index in [1.165, 1.54) is 18.7 Å². The largest absolute Gasteiger partial charge is 0.332 e. The number of hydrogen-bond donors (Lipinski definition) is 2. The van der Waals surface area contributed by atoms with Gasteiger partial charge in [0, 0.05) is 14.1 Å². The first-order chi connectivity index (χ1) is 6.52. The van der Waals surface area contributed by atoms with Crippen molar-refractivity contribution in [2.45, 2.75) is 0 Å². The number of rotatable bonds is 0. The topological polar surface area (TPSA) is 92.7 Å². The lowest BCUT2D eigenvalue weighted by Gasteiger charge is -2.01. The van der Waals surface area contributed by atoms with Gasteiger partial charge in [0.15, 0.2) is 5.52 Å². The fourth-order valence-corrected chi connectivity index (χ4v) is 1.36. The molecule has 0 atom stereocenters. The molecule has 14 heavy (non-hydrogen) atoms. The van der Waals surface area contributed by atoms with Crippen LogP contribution in [0.4, 0.5) is 0 Å². The van der Waals surface area contributed by atoms with E-state index in [2.05, 4.69) is 9.97 Å². The lowest BCUT2D eigenvalue weighted by atomic mass is 11.3. The minimum Gasteiger partial charge on any atom is -0.300 e. The lowest BCUT2D eigenvalue weighted by molar-refractivity contribution is 0.708. The molecule has 0 unspecified atom stereocenters. The molecule has 2 rings (SSSR count). The molecule has 0 bridgehead atoms. The average Bonchev–Trinajstić information content (AvgIpc) is 2.54. The van der Waals surface area contributed by atoms with E-state index >= 15 is 0 Å². The second-order valence-corrected chi connectivity index (χ2v) is 3.01. The Labute approximate surface area is 76.6 Å². The first kappa shape index (κ1) is 8.54. The van der Waals surface area contributed by atoms with E-state index in [-0.39, 0.29) is 11.2 Å². The third-order valence-electron chi connectivity index (χ3n) is 2.14. The Kier molecular flexibility index (Phi) is 1.51. The summed E-state index contributed by atoms with van der Waals surface area (Å²) in [5.41, 5.74) is -1.17. The number of nitrogens with one attached hydrogen (secondary N) is 2. The highest BCUT2D eigenvalue weighted by Crippen LogP contribution is 1.94. The SMILES string of the molecule is C[15n]1[13c](=O)[13c]2[nH]c(=O)[15nH][13c]2[15n](C)[13c]1=O. The summed E-state index contributed by atoms with van der Waals surface area (Å²) in [6.07, 6.45) is 0. The zero-order chi connectivity index (χ0) is 10.5. The van der Waals surface area contributed by atoms with E-state index in [0.29, 0.717) is 0 Å². The van der Waals surface area contributed by atoms with Crippen molar-refractivity contribution in [3.8, 4) is 0 Å². The van der Waals surface area contributed by atoms with Crippen molar-refractivity contribution in [3.05, 3.63) is 31.3 Å². The molecule has 2 N–H and O–H groups in total. The van der Waals surface area contributed by atoms with Crippen LogP contribution in [0.5, 0.6) is 0 Å². The predicted molar refractivity (Wildman–Crippen MR) is 49.4 cm³/mol. The summed E-state index contributed by atoms with van der Waals surface area (Å²) >= 11 is 0. The van der Waals surface area contributed by atoms with Crippen LogP contribution < -0.4 is 16.9 Å². The predicted octanol–water partition coefficient (Wildman–Crippen LogP) is -1.75. The zero-order valence-corrected chi connectivity index (χ0v) is 7.62. The molecule has 0 aromatic carbocycles. The second-order valence-electron chi connectivity index (χ2n) is 3.01. The molecule has 2 aromatic rings. The monoisotopic (exact) mass is 203 g/mol. The van der Waals surface area contributed by atoms with Crippen LogP contribution in [-0.4, -0.2) is 19.1 Å². The Morgan fingerprint density at radius 3 is 2.29 bits per heavy atom. The van der Waals surface area contributed by atoms with Gasteiger partial charge in [0.2, 0.25) is 0 Å². The minimum absolute atomic E-state index is 0.111. The number of hydrogen-bond acceptors (Lipinski definition) is 3. The molecule has 0 saturated carbocycles. The maximum atomic E-state index is 11.5. The normalized spacial score (nSPS) is 11.0. The average molecular weight is 203 g/mol. The summed E-state index contributed by atoms with van der Waals surface area (Å²) in [5.74, 6) is 0. The minimum atomic E-state index is -0.513. The molecule has 0 aliphatic heterocycles. The van der Waals surface area contributed by atoms with Gasteiger partial charge in [-0.25, -0.2) is 9.59 Å². The number of nitrogens with zero attached hydrogens (tertiary/aromatic N) is 2. The van der Waals surface area contributed by atoms with Crippen LogP contribution in [0, 0.1) is 0 Å². The molecule has 0 aliphatic carbocycles. The third kappa shape index (κ3) is 0.889. The molecular formula is C7H8N4O3. The second kappa shape index (κ2) is 2.47. The first-order valence-electron chi connectivity index (χ1n) is 3.90. The molecule has 2 heterocycles. The Hall–Kier alpha value is -2.05. The van der Waals surface area contributed by atoms with Crippen molar-refractivity contribution >= 4 is 11.2 Å². The molecule has 0 aliphatic rings. The van der Waals surface area contributed by atoms with Crippen molar-refractivity contribution in [2.75, 3.05) is 0 Å². The highest BCUT2D eigenvalue weighted by Gasteiger charge is 2.10. The molecule has 0 fully saturated rings. The molecule has 0 spiro atoms. The van der Waals surface area contributed by atoms with Crippen molar-refractivity contribution in [1.82, 2.24) is 19.1 Å². The molecule has 2 aromatic heterocycles. The van der Waals surface area contributed by atoms with Crippen molar-refractivity contribution in [2.24, 2.45) is 14.1 Å². The third-order valence-corrected chi connectivity index (χ3v) is 2.14. The highest BCUT2D eigenvalue weighted by molar-refractivity contribution is 5.68.